The fraction of sp³-hybridized carbons (Fsp3) is 1.00. The first kappa shape index (κ1) is 14.0. The van der Waals surface area contributed by atoms with Crippen LogP contribution in [0.2, 0.25) is 6.04 Å². The van der Waals surface area contributed by atoms with E-state index < -0.39 is 4.12 Å². The summed E-state index contributed by atoms with van der Waals surface area (Å²) in [7, 11) is 0. The van der Waals surface area contributed by atoms with Gasteiger partial charge in [-0.05, 0) is 6.04 Å². The first-order valence-corrected chi connectivity index (χ1v) is 22.0. The Kier molecular flexibility index (Phi) is 8.16. The molecule has 0 aliphatic carbocycles. The summed E-state index contributed by atoms with van der Waals surface area (Å²) in [6, 6.07) is 1.19. The zero-order chi connectivity index (χ0) is 8.41. The van der Waals surface area contributed by atoms with E-state index >= 15 is 0 Å². The summed E-state index contributed by atoms with van der Waals surface area (Å²) >= 11 is 12.3. The molecule has 0 unspecified atom stereocenters. The third-order valence-electron chi connectivity index (χ3n) is 0.677. The Labute approximate surface area is 127 Å². The predicted molar refractivity (Wildman–Crippen MR) is 93.2 cm³/mol. The number of hydrogen-bond acceptors (Lipinski definition) is 1. The van der Waals surface area contributed by atoms with Gasteiger partial charge in [0.05, 0.1) is 0 Å². The lowest BCUT2D eigenvalue weighted by atomic mass is 11.0. The monoisotopic (exact) mass is 736 g/mol. The summed E-state index contributed by atoms with van der Waals surface area (Å²) in [4.78, 5) is 0. The average molecular weight is 736 g/mol. The average Bonchev–Trinajstić information content (AvgIpc) is 1.60. The van der Waals surface area contributed by atoms with Gasteiger partial charge in [-0.1, -0.05) is 116 Å². The summed E-state index contributed by atoms with van der Waals surface area (Å²) in [5.74, 6) is 0. The Morgan fingerprint density at radius 1 is 1.10 bits per heavy atom. The van der Waals surface area contributed by atoms with Gasteiger partial charge in [-0.2, -0.15) is 0 Å². The molecule has 8 heteroatoms. The molecule has 0 amide bonds. The van der Waals surface area contributed by atoms with Crippen molar-refractivity contribution in [1.29, 1.82) is 0 Å². The standard InChI is InChI=1S/C2H5I5OSi2/c1-2-9(3,4)8-10(5,6)7/h2H2,1H3. The molecular weight excluding hydrogens is 731 g/mol. The van der Waals surface area contributed by atoms with Crippen molar-refractivity contribution in [3.63, 3.8) is 0 Å². The molecule has 0 aromatic rings. The second-order valence-electron chi connectivity index (χ2n) is 1.54. The Balaban J connectivity index is 3.89. The molecule has 0 spiro atoms. The van der Waals surface area contributed by atoms with Gasteiger partial charge in [0.2, 0.25) is 0 Å². The van der Waals surface area contributed by atoms with E-state index in [1.165, 1.54) is 6.04 Å². The van der Waals surface area contributed by atoms with E-state index in [0.717, 1.165) is 0 Å². The van der Waals surface area contributed by atoms with E-state index in [-0.39, 0.29) is 0 Å². The zero-order valence-electron chi connectivity index (χ0n) is 5.01. The maximum absolute atomic E-state index is 5.99. The summed E-state index contributed by atoms with van der Waals surface area (Å²) in [5.41, 5.74) is 0. The van der Waals surface area contributed by atoms with Crippen LogP contribution in [-0.4, -0.2) is 4.12 Å². The van der Waals surface area contributed by atoms with Crippen molar-refractivity contribution in [2.45, 2.75) is 13.0 Å². The lowest BCUT2D eigenvalue weighted by Gasteiger charge is -2.22. The largest absolute Gasteiger partial charge is 0.419 e. The summed E-state index contributed by atoms with van der Waals surface area (Å²) < 4.78 is 3.30. The van der Waals surface area contributed by atoms with E-state index in [1.54, 1.807) is 0 Å². The molecule has 62 valence electrons. The van der Waals surface area contributed by atoms with Crippen molar-refractivity contribution >= 4 is 113 Å². The second kappa shape index (κ2) is 5.81. The molecule has 10 heavy (non-hydrogen) atoms. The Morgan fingerprint density at radius 2 is 1.50 bits per heavy atom. The van der Waals surface area contributed by atoms with Gasteiger partial charge in [0.15, 0.2) is 0 Å². The van der Waals surface area contributed by atoms with Crippen LogP contribution in [0.4, 0.5) is 0 Å². The van der Waals surface area contributed by atoms with Crippen molar-refractivity contribution < 1.29 is 4.12 Å². The smallest absolute Gasteiger partial charge is 0.383 e. The lowest BCUT2D eigenvalue weighted by Crippen LogP contribution is -2.30. The van der Waals surface area contributed by atoms with Gasteiger partial charge in [-0.3, -0.25) is 0 Å². The van der Waals surface area contributed by atoms with Crippen LogP contribution < -0.4 is 0 Å². The highest BCUT2D eigenvalue weighted by Crippen LogP contribution is 2.39. The van der Waals surface area contributed by atoms with E-state index in [9.17, 15) is 0 Å². The Hall–Kier alpha value is 4.04. The van der Waals surface area contributed by atoms with Crippen molar-refractivity contribution in [1.82, 2.24) is 0 Å². The quantitative estimate of drug-likeness (QED) is 0.235. The normalized spacial score (nSPS) is 13.8. The Bertz CT molecular complexity index is 111. The Morgan fingerprint density at radius 3 is 1.60 bits per heavy atom. The third kappa shape index (κ3) is 8.63. The molecule has 1 nitrogen and oxygen atoms in total. The fourth-order valence-corrected chi connectivity index (χ4v) is 41.0. The van der Waals surface area contributed by atoms with Gasteiger partial charge in [-0.25, -0.2) is 0 Å². The van der Waals surface area contributed by atoms with E-state index in [4.69, 9.17) is 4.12 Å². The first-order chi connectivity index (χ1) is 4.27. The molecule has 0 N–H and O–H groups in total. The maximum Gasteiger partial charge on any atom is 0.383 e. The van der Waals surface area contributed by atoms with Crippen molar-refractivity contribution in [2.75, 3.05) is 0 Å². The molecule has 0 fully saturated rings. The number of hydrogen-bond donors (Lipinski definition) is 0. The molecule has 0 bridgehead atoms. The zero-order valence-corrected chi connectivity index (χ0v) is 17.8. The topological polar surface area (TPSA) is 9.23 Å². The van der Waals surface area contributed by atoms with E-state index in [2.05, 4.69) is 116 Å². The van der Waals surface area contributed by atoms with Gasteiger partial charge >= 0.3 is 4.12 Å². The highest BCUT2D eigenvalue weighted by molar-refractivity contribution is 14.4. The van der Waals surface area contributed by atoms with Gasteiger partial charge in [-0.15, -0.1) is 0 Å². The molecule has 0 atom stereocenters. The molecule has 0 aromatic carbocycles. The van der Waals surface area contributed by atoms with Gasteiger partial charge in [0, 0.05) is 0 Å². The minimum absolute atomic E-state index is 1.19. The van der Waals surface area contributed by atoms with E-state index in [0.29, 0.717) is 0 Å². The van der Waals surface area contributed by atoms with Crippen LogP contribution in [0, 0.1) is 0 Å². The minimum Gasteiger partial charge on any atom is -0.419 e. The van der Waals surface area contributed by atoms with Crippen LogP contribution in [-0.2, 0) is 4.12 Å². The number of halogens is 5. The molecular formula is C2H5I5OSi2. The van der Waals surface area contributed by atoms with Gasteiger partial charge in [0.1, 0.15) is 0 Å². The molecule has 0 rings (SSSR count). The molecule has 0 radical (unpaired) electrons. The summed E-state index contributed by atoms with van der Waals surface area (Å²) in [6.45, 7) is 2.20. The van der Waals surface area contributed by atoms with Crippen molar-refractivity contribution in [3.05, 3.63) is 0 Å². The SMILES string of the molecule is CC[Si](I)(I)O[Si](I)(I)I. The second-order valence-corrected chi connectivity index (χ2v) is 54.1. The van der Waals surface area contributed by atoms with Crippen LogP contribution >= 0.6 is 109 Å². The fourth-order valence-electron chi connectivity index (χ4n) is 0.241. The van der Waals surface area contributed by atoms with Crippen LogP contribution in [0.5, 0.6) is 0 Å². The summed E-state index contributed by atoms with van der Waals surface area (Å²) in [6.07, 6.45) is 0. The molecule has 0 aliphatic heterocycles. The molecule has 0 aromatic heterocycles. The highest BCUT2D eigenvalue weighted by atomic mass is 127. The molecule has 0 heterocycles. The minimum atomic E-state index is -1.36. The molecule has 0 saturated heterocycles. The molecule has 0 aliphatic rings. The highest BCUT2D eigenvalue weighted by Gasteiger charge is 2.36. The maximum atomic E-state index is 5.99. The van der Waals surface area contributed by atoms with E-state index in [1.807, 2.05) is 0 Å². The third-order valence-corrected chi connectivity index (χ3v) is 18.1. The predicted octanol–water partition coefficient (Wildman–Crippen LogP) is 4.57. The molecule has 0 saturated carbocycles. The lowest BCUT2D eigenvalue weighted by molar-refractivity contribution is 0.648. The summed E-state index contributed by atoms with van der Waals surface area (Å²) in [5, 5.41) is 0. The van der Waals surface area contributed by atoms with Crippen LogP contribution in [0.3, 0.4) is 0 Å². The number of rotatable bonds is 3. The van der Waals surface area contributed by atoms with Crippen LogP contribution in [0.1, 0.15) is 6.92 Å². The van der Waals surface area contributed by atoms with Gasteiger partial charge in [0.25, 0.3) is 0 Å². The first-order valence-electron chi connectivity index (χ1n) is 2.41. The van der Waals surface area contributed by atoms with Crippen LogP contribution in [0.15, 0.2) is 0 Å². The van der Waals surface area contributed by atoms with Gasteiger partial charge < -0.3 is 4.12 Å². The van der Waals surface area contributed by atoms with Crippen molar-refractivity contribution in [2.24, 2.45) is 0 Å². The van der Waals surface area contributed by atoms with Crippen LogP contribution in [0.25, 0.3) is 0 Å². The van der Waals surface area contributed by atoms with Crippen molar-refractivity contribution in [3.8, 4) is 0 Å².